The normalized spacial score (nSPS) is 11.4. The summed E-state index contributed by atoms with van der Waals surface area (Å²) in [7, 11) is 0. The smallest absolute Gasteiger partial charge is 0.324 e. The largest absolute Gasteiger partial charge is 0.456 e. The summed E-state index contributed by atoms with van der Waals surface area (Å²) in [5, 5.41) is 11.1. The van der Waals surface area contributed by atoms with Crippen LogP contribution in [0.15, 0.2) is 79.1 Å². The molecule has 0 unspecified atom stereocenters. The maximum Gasteiger partial charge on any atom is 0.324 e. The van der Waals surface area contributed by atoms with Gasteiger partial charge in [0.1, 0.15) is 23.1 Å². The molecular formula is C29H27FN6O2. The topological polar surface area (TPSA) is 94.0 Å². The molecule has 2 aromatic carbocycles. The predicted molar refractivity (Wildman–Crippen MR) is 146 cm³/mol. The number of nitrogens with one attached hydrogen (secondary N) is 2. The number of urea groups is 1. The number of pyridine rings is 2. The maximum absolute atomic E-state index is 14.6. The van der Waals surface area contributed by atoms with E-state index in [1.54, 1.807) is 23.1 Å². The summed E-state index contributed by atoms with van der Waals surface area (Å²) >= 11 is 0. The van der Waals surface area contributed by atoms with Gasteiger partial charge in [-0.3, -0.25) is 15.3 Å². The Morgan fingerprint density at radius 3 is 2.53 bits per heavy atom. The average molecular weight is 511 g/mol. The molecule has 0 spiro atoms. The van der Waals surface area contributed by atoms with E-state index in [0.717, 1.165) is 28.0 Å². The summed E-state index contributed by atoms with van der Waals surface area (Å²) in [6.07, 6.45) is 3.32. The van der Waals surface area contributed by atoms with E-state index in [-0.39, 0.29) is 11.1 Å². The highest BCUT2D eigenvalue weighted by Gasteiger charge is 2.22. The van der Waals surface area contributed by atoms with Gasteiger partial charge in [-0.1, -0.05) is 26.8 Å². The van der Waals surface area contributed by atoms with Gasteiger partial charge in [0.05, 0.1) is 28.8 Å². The summed E-state index contributed by atoms with van der Waals surface area (Å²) in [6.45, 7) is 7.99. The van der Waals surface area contributed by atoms with Crippen molar-refractivity contribution in [2.45, 2.75) is 33.1 Å². The van der Waals surface area contributed by atoms with E-state index in [0.29, 0.717) is 17.3 Å². The van der Waals surface area contributed by atoms with E-state index >= 15 is 0 Å². The summed E-state index contributed by atoms with van der Waals surface area (Å²) in [5.41, 5.74) is 2.95. The Bertz CT molecular complexity index is 1620. The van der Waals surface area contributed by atoms with Gasteiger partial charge in [-0.2, -0.15) is 5.10 Å². The third-order valence-electron chi connectivity index (χ3n) is 5.86. The minimum Gasteiger partial charge on any atom is -0.456 e. The molecule has 0 aliphatic heterocycles. The number of aryl methyl sites for hydroxylation is 1. The van der Waals surface area contributed by atoms with E-state index in [2.05, 4.69) is 20.6 Å². The fourth-order valence-electron chi connectivity index (χ4n) is 3.81. The van der Waals surface area contributed by atoms with Gasteiger partial charge in [0.15, 0.2) is 0 Å². The van der Waals surface area contributed by atoms with Crippen molar-refractivity contribution in [1.29, 1.82) is 0 Å². The fraction of sp³-hybridized carbons (Fsp3) is 0.172. The van der Waals surface area contributed by atoms with Gasteiger partial charge >= 0.3 is 6.03 Å². The Hall–Kier alpha value is -4.79. The second-order valence-corrected chi connectivity index (χ2v) is 9.92. The van der Waals surface area contributed by atoms with Crippen molar-refractivity contribution in [2.24, 2.45) is 0 Å². The van der Waals surface area contributed by atoms with Crippen molar-refractivity contribution in [1.82, 2.24) is 19.7 Å². The summed E-state index contributed by atoms with van der Waals surface area (Å²) in [5.74, 6) is 0.702. The Balaban J connectivity index is 1.40. The lowest BCUT2D eigenvalue weighted by molar-refractivity contribution is 0.262. The first-order valence-electron chi connectivity index (χ1n) is 12.1. The molecule has 0 saturated heterocycles. The minimum absolute atomic E-state index is 0.0287. The summed E-state index contributed by atoms with van der Waals surface area (Å²) in [6, 6.07) is 18.5. The van der Waals surface area contributed by atoms with Gasteiger partial charge in [-0.05, 0) is 55.5 Å². The van der Waals surface area contributed by atoms with E-state index in [9.17, 15) is 9.18 Å². The molecule has 2 N–H and O–H groups in total. The number of benzene rings is 2. The van der Waals surface area contributed by atoms with Crippen molar-refractivity contribution in [3.8, 4) is 17.2 Å². The number of carbonyl (C=O) groups is 1. The van der Waals surface area contributed by atoms with E-state index in [1.807, 2.05) is 70.2 Å². The third-order valence-corrected chi connectivity index (χ3v) is 5.86. The van der Waals surface area contributed by atoms with Crippen molar-refractivity contribution >= 4 is 28.4 Å². The Labute approximate surface area is 219 Å². The summed E-state index contributed by atoms with van der Waals surface area (Å²) < 4.78 is 22.0. The molecule has 0 aliphatic rings. The number of halogens is 1. The molecule has 0 aliphatic carbocycles. The number of aromatic nitrogens is 4. The van der Waals surface area contributed by atoms with Crippen LogP contribution >= 0.6 is 0 Å². The maximum atomic E-state index is 14.6. The van der Waals surface area contributed by atoms with E-state index < -0.39 is 11.8 Å². The van der Waals surface area contributed by atoms with Crippen molar-refractivity contribution in [3.63, 3.8) is 0 Å². The lowest BCUT2D eigenvalue weighted by atomic mass is 9.92. The Morgan fingerprint density at radius 1 is 0.947 bits per heavy atom. The quantitative estimate of drug-likeness (QED) is 0.266. The van der Waals surface area contributed by atoms with Crippen LogP contribution in [0.3, 0.4) is 0 Å². The number of anilines is 2. The second kappa shape index (κ2) is 9.93. The van der Waals surface area contributed by atoms with Crippen LogP contribution < -0.4 is 15.4 Å². The van der Waals surface area contributed by atoms with Crippen LogP contribution in [0.1, 0.15) is 32.2 Å². The molecule has 3 aromatic heterocycles. The highest BCUT2D eigenvalue weighted by Crippen LogP contribution is 2.29. The Morgan fingerprint density at radius 2 is 1.76 bits per heavy atom. The Kier molecular flexibility index (Phi) is 6.50. The molecular weight excluding hydrogens is 483 g/mol. The van der Waals surface area contributed by atoms with Crippen LogP contribution in [-0.4, -0.2) is 25.8 Å². The standard InChI is InChI=1S/C29H27FN6O2/c1-18-7-9-22(17-32-18)38-21-10-11-23(30)25(15-21)33-28(37)34-27-16-26(29(2,3)4)35-36(27)20-8-12-24-19(14-20)6-5-13-31-24/h5-17H,1-4H3,(H2,33,34,37). The molecule has 0 bridgehead atoms. The predicted octanol–water partition coefficient (Wildman–Crippen LogP) is 7.00. The first-order chi connectivity index (χ1) is 18.2. The number of ether oxygens (including phenoxy) is 1. The number of carbonyl (C=O) groups excluding carboxylic acids is 1. The zero-order chi connectivity index (χ0) is 26.9. The van der Waals surface area contributed by atoms with Crippen LogP contribution in [-0.2, 0) is 5.41 Å². The van der Waals surface area contributed by atoms with Crippen LogP contribution in [0.4, 0.5) is 20.7 Å². The van der Waals surface area contributed by atoms with Gasteiger partial charge in [0.2, 0.25) is 0 Å². The first-order valence-corrected chi connectivity index (χ1v) is 12.1. The molecule has 0 atom stereocenters. The van der Waals surface area contributed by atoms with Crippen LogP contribution in [0.5, 0.6) is 11.5 Å². The summed E-state index contributed by atoms with van der Waals surface area (Å²) in [4.78, 5) is 21.6. The molecule has 0 radical (unpaired) electrons. The average Bonchev–Trinajstić information content (AvgIpc) is 3.31. The number of rotatable bonds is 5. The molecule has 192 valence electrons. The molecule has 5 aromatic rings. The number of fused-ring (bicyclic) bond motifs is 1. The number of hydrogen-bond donors (Lipinski definition) is 2. The number of amides is 2. The molecule has 5 rings (SSSR count). The van der Waals surface area contributed by atoms with Crippen molar-refractivity contribution in [2.75, 3.05) is 10.6 Å². The highest BCUT2D eigenvalue weighted by atomic mass is 19.1. The van der Waals surface area contributed by atoms with Crippen molar-refractivity contribution in [3.05, 3.63) is 96.3 Å². The van der Waals surface area contributed by atoms with Crippen LogP contribution in [0.2, 0.25) is 0 Å². The van der Waals surface area contributed by atoms with Gasteiger partial charge in [-0.25, -0.2) is 13.9 Å². The number of nitrogens with zero attached hydrogens (tertiary/aromatic N) is 4. The van der Waals surface area contributed by atoms with Gasteiger partial charge < -0.3 is 10.1 Å². The van der Waals surface area contributed by atoms with Gasteiger partial charge in [0, 0.05) is 34.8 Å². The van der Waals surface area contributed by atoms with E-state index in [4.69, 9.17) is 9.84 Å². The fourth-order valence-corrected chi connectivity index (χ4v) is 3.81. The lowest BCUT2D eigenvalue weighted by Gasteiger charge is -2.14. The molecule has 38 heavy (non-hydrogen) atoms. The SMILES string of the molecule is Cc1ccc(Oc2ccc(F)c(NC(=O)Nc3cc(C(C)(C)C)nn3-c3ccc4ncccc4c3)c2)cn1. The van der Waals surface area contributed by atoms with Gasteiger partial charge in [0.25, 0.3) is 0 Å². The molecule has 9 heteroatoms. The molecule has 2 amide bonds. The second-order valence-electron chi connectivity index (χ2n) is 9.92. The van der Waals surface area contributed by atoms with Gasteiger partial charge in [-0.15, -0.1) is 0 Å². The molecule has 0 saturated carbocycles. The monoisotopic (exact) mass is 510 g/mol. The molecule has 0 fully saturated rings. The molecule has 8 nitrogen and oxygen atoms in total. The van der Waals surface area contributed by atoms with E-state index in [1.165, 1.54) is 18.2 Å². The number of hydrogen-bond acceptors (Lipinski definition) is 5. The van der Waals surface area contributed by atoms with Crippen LogP contribution in [0, 0.1) is 12.7 Å². The molecule has 3 heterocycles. The zero-order valence-electron chi connectivity index (χ0n) is 21.5. The third kappa shape index (κ3) is 5.46. The van der Waals surface area contributed by atoms with Crippen LogP contribution in [0.25, 0.3) is 16.6 Å². The highest BCUT2D eigenvalue weighted by molar-refractivity contribution is 5.99. The lowest BCUT2D eigenvalue weighted by Crippen LogP contribution is -2.22. The van der Waals surface area contributed by atoms with Crippen molar-refractivity contribution < 1.29 is 13.9 Å². The zero-order valence-corrected chi connectivity index (χ0v) is 21.5. The first kappa shape index (κ1) is 24.9. The minimum atomic E-state index is -0.623.